The molecule has 1 aliphatic heterocycles. The van der Waals surface area contributed by atoms with Gasteiger partial charge in [-0.25, -0.2) is 0 Å². The average Bonchev–Trinajstić information content (AvgIpc) is 2.39. The zero-order valence-electron chi connectivity index (χ0n) is 11.0. The van der Waals surface area contributed by atoms with Gasteiger partial charge < -0.3 is 15.0 Å². The molecule has 4 nitrogen and oxygen atoms in total. The van der Waals surface area contributed by atoms with Crippen LogP contribution in [0.2, 0.25) is 0 Å². The second kappa shape index (κ2) is 5.98. The molecule has 18 heavy (non-hydrogen) atoms. The maximum Gasteiger partial charge on any atom is 0.254 e. The van der Waals surface area contributed by atoms with Gasteiger partial charge in [0.2, 0.25) is 0 Å². The average molecular weight is 248 g/mol. The molecule has 0 spiro atoms. The van der Waals surface area contributed by atoms with Crippen LogP contribution in [0.25, 0.3) is 0 Å². The quantitative estimate of drug-likeness (QED) is 0.876. The molecule has 2 rings (SSSR count). The SMILES string of the molecule is COCc1ccccc1C(=O)N1CCNC(C)C1. The summed E-state index contributed by atoms with van der Waals surface area (Å²) in [6.45, 7) is 4.97. The summed E-state index contributed by atoms with van der Waals surface area (Å²) in [5, 5.41) is 3.34. The van der Waals surface area contributed by atoms with E-state index < -0.39 is 0 Å². The number of ether oxygens (including phenoxy) is 1. The number of carbonyl (C=O) groups excluding carboxylic acids is 1. The van der Waals surface area contributed by atoms with Crippen molar-refractivity contribution >= 4 is 5.91 Å². The van der Waals surface area contributed by atoms with Gasteiger partial charge in [0.15, 0.2) is 0 Å². The zero-order chi connectivity index (χ0) is 13.0. The molecule has 1 saturated heterocycles. The van der Waals surface area contributed by atoms with E-state index >= 15 is 0 Å². The largest absolute Gasteiger partial charge is 0.380 e. The van der Waals surface area contributed by atoms with Crippen LogP contribution in [0.4, 0.5) is 0 Å². The van der Waals surface area contributed by atoms with E-state index in [4.69, 9.17) is 4.74 Å². The highest BCUT2D eigenvalue weighted by Crippen LogP contribution is 2.14. The first-order valence-electron chi connectivity index (χ1n) is 6.32. The van der Waals surface area contributed by atoms with Gasteiger partial charge >= 0.3 is 0 Å². The molecule has 0 radical (unpaired) electrons. The van der Waals surface area contributed by atoms with Crippen molar-refractivity contribution in [3.63, 3.8) is 0 Å². The second-order valence-corrected chi connectivity index (χ2v) is 4.70. The van der Waals surface area contributed by atoms with Crippen molar-refractivity contribution in [1.82, 2.24) is 10.2 Å². The molecule has 4 heteroatoms. The lowest BCUT2D eigenvalue weighted by Crippen LogP contribution is -2.51. The Hall–Kier alpha value is -1.39. The highest BCUT2D eigenvalue weighted by atomic mass is 16.5. The molecule has 1 fully saturated rings. The third kappa shape index (κ3) is 2.89. The predicted octanol–water partition coefficient (Wildman–Crippen LogP) is 1.27. The lowest BCUT2D eigenvalue weighted by Gasteiger charge is -2.32. The first-order chi connectivity index (χ1) is 8.72. The third-order valence-corrected chi connectivity index (χ3v) is 3.20. The van der Waals surface area contributed by atoms with Gasteiger partial charge in [-0.15, -0.1) is 0 Å². The summed E-state index contributed by atoms with van der Waals surface area (Å²) in [4.78, 5) is 14.4. The Morgan fingerprint density at radius 1 is 1.50 bits per heavy atom. The maximum atomic E-state index is 12.5. The molecule has 0 aromatic heterocycles. The van der Waals surface area contributed by atoms with Crippen molar-refractivity contribution in [1.29, 1.82) is 0 Å². The molecule has 1 atom stereocenters. The summed E-state index contributed by atoms with van der Waals surface area (Å²) in [5.74, 6) is 0.107. The number of nitrogens with one attached hydrogen (secondary N) is 1. The molecule has 1 heterocycles. The van der Waals surface area contributed by atoms with E-state index in [1.165, 1.54) is 0 Å². The number of amides is 1. The molecule has 1 aliphatic rings. The number of nitrogens with zero attached hydrogens (tertiary/aromatic N) is 1. The third-order valence-electron chi connectivity index (χ3n) is 3.20. The minimum atomic E-state index is 0.107. The van der Waals surface area contributed by atoms with Crippen LogP contribution in [0.5, 0.6) is 0 Å². The van der Waals surface area contributed by atoms with Crippen molar-refractivity contribution in [2.75, 3.05) is 26.7 Å². The number of methoxy groups -OCH3 is 1. The van der Waals surface area contributed by atoms with Crippen molar-refractivity contribution in [2.45, 2.75) is 19.6 Å². The Morgan fingerprint density at radius 3 is 3.00 bits per heavy atom. The van der Waals surface area contributed by atoms with Gasteiger partial charge in [-0.05, 0) is 18.6 Å². The van der Waals surface area contributed by atoms with Crippen LogP contribution in [0.3, 0.4) is 0 Å². The van der Waals surface area contributed by atoms with Gasteiger partial charge in [0.1, 0.15) is 0 Å². The lowest BCUT2D eigenvalue weighted by atomic mass is 10.1. The molecular formula is C14H20N2O2. The number of benzene rings is 1. The minimum Gasteiger partial charge on any atom is -0.380 e. The first-order valence-corrected chi connectivity index (χ1v) is 6.32. The van der Waals surface area contributed by atoms with Crippen molar-refractivity contribution in [3.05, 3.63) is 35.4 Å². The molecule has 1 aromatic rings. The zero-order valence-corrected chi connectivity index (χ0v) is 11.0. The Morgan fingerprint density at radius 2 is 2.28 bits per heavy atom. The number of piperazine rings is 1. The number of hydrogen-bond acceptors (Lipinski definition) is 3. The molecular weight excluding hydrogens is 228 g/mol. The van der Waals surface area contributed by atoms with Gasteiger partial charge in [-0.2, -0.15) is 0 Å². The summed E-state index contributed by atoms with van der Waals surface area (Å²) in [7, 11) is 1.65. The van der Waals surface area contributed by atoms with E-state index in [0.29, 0.717) is 12.6 Å². The van der Waals surface area contributed by atoms with Crippen molar-refractivity contribution in [3.8, 4) is 0 Å². The van der Waals surface area contributed by atoms with E-state index in [0.717, 1.165) is 30.8 Å². The second-order valence-electron chi connectivity index (χ2n) is 4.70. The lowest BCUT2D eigenvalue weighted by molar-refractivity contribution is 0.0704. The fourth-order valence-corrected chi connectivity index (χ4v) is 2.30. The Labute approximate surface area is 108 Å². The van der Waals surface area contributed by atoms with Gasteiger partial charge in [0, 0.05) is 38.3 Å². The van der Waals surface area contributed by atoms with E-state index in [1.54, 1.807) is 7.11 Å². The highest BCUT2D eigenvalue weighted by Gasteiger charge is 2.22. The number of carbonyl (C=O) groups is 1. The monoisotopic (exact) mass is 248 g/mol. The fraction of sp³-hybridized carbons (Fsp3) is 0.500. The van der Waals surface area contributed by atoms with Gasteiger partial charge in [0.25, 0.3) is 5.91 Å². The van der Waals surface area contributed by atoms with E-state index in [1.807, 2.05) is 29.2 Å². The molecule has 0 aliphatic carbocycles. The minimum absolute atomic E-state index is 0.107. The normalized spacial score (nSPS) is 19.9. The Kier molecular flexibility index (Phi) is 4.33. The molecule has 0 saturated carbocycles. The molecule has 1 amide bonds. The van der Waals surface area contributed by atoms with Crippen molar-refractivity contribution < 1.29 is 9.53 Å². The van der Waals surface area contributed by atoms with Crippen LogP contribution in [-0.4, -0.2) is 43.6 Å². The number of hydrogen-bond donors (Lipinski definition) is 1. The summed E-state index contributed by atoms with van der Waals surface area (Å²) in [5.41, 5.74) is 1.71. The maximum absolute atomic E-state index is 12.5. The molecule has 98 valence electrons. The summed E-state index contributed by atoms with van der Waals surface area (Å²) in [6, 6.07) is 8.02. The molecule has 0 bridgehead atoms. The van der Waals surface area contributed by atoms with Crippen LogP contribution >= 0.6 is 0 Å². The standard InChI is InChI=1S/C14H20N2O2/c1-11-9-16(8-7-15-11)14(17)13-6-4-3-5-12(13)10-18-2/h3-6,11,15H,7-10H2,1-2H3. The van der Waals surface area contributed by atoms with Gasteiger partial charge in [-0.1, -0.05) is 18.2 Å². The highest BCUT2D eigenvalue weighted by molar-refractivity contribution is 5.95. The van der Waals surface area contributed by atoms with E-state index in [-0.39, 0.29) is 5.91 Å². The predicted molar refractivity (Wildman–Crippen MR) is 70.5 cm³/mol. The van der Waals surface area contributed by atoms with Crippen LogP contribution in [0.15, 0.2) is 24.3 Å². The number of rotatable bonds is 3. The summed E-state index contributed by atoms with van der Waals surface area (Å²) >= 11 is 0. The van der Waals surface area contributed by atoms with Gasteiger partial charge in [-0.3, -0.25) is 4.79 Å². The fourth-order valence-electron chi connectivity index (χ4n) is 2.30. The van der Waals surface area contributed by atoms with E-state index in [9.17, 15) is 4.79 Å². The van der Waals surface area contributed by atoms with Crippen LogP contribution in [0, 0.1) is 0 Å². The summed E-state index contributed by atoms with van der Waals surface area (Å²) < 4.78 is 5.14. The van der Waals surface area contributed by atoms with Crippen LogP contribution < -0.4 is 5.32 Å². The van der Waals surface area contributed by atoms with Crippen LogP contribution in [0.1, 0.15) is 22.8 Å². The van der Waals surface area contributed by atoms with Gasteiger partial charge in [0.05, 0.1) is 6.61 Å². The smallest absolute Gasteiger partial charge is 0.254 e. The summed E-state index contributed by atoms with van der Waals surface area (Å²) in [6.07, 6.45) is 0. The topological polar surface area (TPSA) is 41.6 Å². The first kappa shape index (κ1) is 13.1. The Balaban J connectivity index is 2.17. The van der Waals surface area contributed by atoms with E-state index in [2.05, 4.69) is 12.2 Å². The molecule has 1 N–H and O–H groups in total. The van der Waals surface area contributed by atoms with Crippen molar-refractivity contribution in [2.24, 2.45) is 0 Å². The Bertz CT molecular complexity index is 420. The molecule has 1 unspecified atom stereocenters. The van der Waals surface area contributed by atoms with Crippen LogP contribution in [-0.2, 0) is 11.3 Å². The molecule has 1 aromatic carbocycles.